The molecule has 1 aliphatic rings. The van der Waals surface area contributed by atoms with Gasteiger partial charge in [0.25, 0.3) is 0 Å². The molecule has 5 heteroatoms. The highest BCUT2D eigenvalue weighted by molar-refractivity contribution is 7.90. The van der Waals surface area contributed by atoms with E-state index in [1.54, 1.807) is 0 Å². The monoisotopic (exact) mass is 220 g/mol. The highest BCUT2D eigenvalue weighted by Gasteiger charge is 2.27. The van der Waals surface area contributed by atoms with Crippen molar-refractivity contribution in [2.24, 2.45) is 0 Å². The molecule has 1 rings (SSSR count). The SMILES string of the molecule is CCNCCNS(=O)(=O)C1CCCC1. The fourth-order valence-corrected chi connectivity index (χ4v) is 3.35. The first-order valence-corrected chi connectivity index (χ1v) is 6.90. The van der Waals surface area contributed by atoms with Gasteiger partial charge in [-0.3, -0.25) is 0 Å². The molecule has 0 bridgehead atoms. The van der Waals surface area contributed by atoms with Crippen molar-refractivity contribution in [2.75, 3.05) is 19.6 Å². The van der Waals surface area contributed by atoms with Crippen LogP contribution in [0.3, 0.4) is 0 Å². The quantitative estimate of drug-likeness (QED) is 0.639. The van der Waals surface area contributed by atoms with Gasteiger partial charge in [0.2, 0.25) is 10.0 Å². The Morgan fingerprint density at radius 3 is 2.43 bits per heavy atom. The highest BCUT2D eigenvalue weighted by Crippen LogP contribution is 2.23. The van der Waals surface area contributed by atoms with Crippen molar-refractivity contribution in [3.63, 3.8) is 0 Å². The molecule has 2 N–H and O–H groups in total. The Morgan fingerprint density at radius 1 is 1.21 bits per heavy atom. The zero-order valence-electron chi connectivity index (χ0n) is 8.75. The van der Waals surface area contributed by atoms with Gasteiger partial charge >= 0.3 is 0 Å². The van der Waals surface area contributed by atoms with E-state index < -0.39 is 10.0 Å². The van der Waals surface area contributed by atoms with E-state index in [4.69, 9.17) is 0 Å². The van der Waals surface area contributed by atoms with Gasteiger partial charge in [-0.05, 0) is 19.4 Å². The summed E-state index contributed by atoms with van der Waals surface area (Å²) in [5.41, 5.74) is 0. The van der Waals surface area contributed by atoms with Crippen molar-refractivity contribution in [2.45, 2.75) is 37.9 Å². The summed E-state index contributed by atoms with van der Waals surface area (Å²) < 4.78 is 26.0. The van der Waals surface area contributed by atoms with Crippen LogP contribution in [0.25, 0.3) is 0 Å². The molecule has 0 saturated heterocycles. The van der Waals surface area contributed by atoms with Crippen LogP contribution in [0.15, 0.2) is 0 Å². The predicted octanol–water partition coefficient (Wildman–Crippen LogP) is 0.458. The molecule has 0 spiro atoms. The lowest BCUT2D eigenvalue weighted by molar-refractivity contribution is 0.561. The van der Waals surface area contributed by atoms with Crippen molar-refractivity contribution >= 4 is 10.0 Å². The molecule has 1 aliphatic carbocycles. The number of nitrogens with one attached hydrogen (secondary N) is 2. The minimum atomic E-state index is -3.03. The summed E-state index contributed by atoms with van der Waals surface area (Å²) >= 11 is 0. The lowest BCUT2D eigenvalue weighted by Crippen LogP contribution is -2.37. The lowest BCUT2D eigenvalue weighted by atomic mass is 10.4. The van der Waals surface area contributed by atoms with E-state index in [0.29, 0.717) is 13.1 Å². The largest absolute Gasteiger partial charge is 0.316 e. The normalized spacial score (nSPS) is 18.9. The molecule has 0 aromatic heterocycles. The maximum atomic E-state index is 11.7. The first kappa shape index (κ1) is 11.9. The summed E-state index contributed by atoms with van der Waals surface area (Å²) in [7, 11) is -3.03. The van der Waals surface area contributed by atoms with E-state index in [2.05, 4.69) is 10.0 Å². The van der Waals surface area contributed by atoms with Crippen LogP contribution >= 0.6 is 0 Å². The summed E-state index contributed by atoms with van der Waals surface area (Å²) in [6.45, 7) is 4.10. The maximum absolute atomic E-state index is 11.7. The second kappa shape index (κ2) is 5.68. The molecular weight excluding hydrogens is 200 g/mol. The van der Waals surface area contributed by atoms with Crippen LogP contribution in [-0.4, -0.2) is 33.3 Å². The maximum Gasteiger partial charge on any atom is 0.214 e. The van der Waals surface area contributed by atoms with Crippen molar-refractivity contribution in [1.82, 2.24) is 10.0 Å². The Kier molecular flexibility index (Phi) is 4.84. The van der Waals surface area contributed by atoms with Crippen LogP contribution in [0.2, 0.25) is 0 Å². The van der Waals surface area contributed by atoms with E-state index in [0.717, 1.165) is 32.2 Å². The molecule has 0 aromatic carbocycles. The standard InChI is InChI=1S/C9H20N2O2S/c1-2-10-7-8-11-14(12,13)9-5-3-4-6-9/h9-11H,2-8H2,1H3. The Morgan fingerprint density at radius 2 is 1.86 bits per heavy atom. The number of hydrogen-bond acceptors (Lipinski definition) is 3. The number of hydrogen-bond donors (Lipinski definition) is 2. The third-order valence-corrected chi connectivity index (χ3v) is 4.55. The molecule has 0 atom stereocenters. The second-order valence-corrected chi connectivity index (χ2v) is 5.74. The molecule has 1 saturated carbocycles. The van der Waals surface area contributed by atoms with Crippen molar-refractivity contribution in [3.8, 4) is 0 Å². The lowest BCUT2D eigenvalue weighted by Gasteiger charge is -2.12. The van der Waals surface area contributed by atoms with Gasteiger partial charge in [-0.1, -0.05) is 19.8 Å². The van der Waals surface area contributed by atoms with Gasteiger partial charge in [0.15, 0.2) is 0 Å². The molecule has 0 aromatic rings. The Hall–Kier alpha value is -0.130. The van der Waals surface area contributed by atoms with Gasteiger partial charge < -0.3 is 5.32 Å². The fraction of sp³-hybridized carbons (Fsp3) is 1.00. The molecule has 0 aliphatic heterocycles. The molecule has 84 valence electrons. The summed E-state index contributed by atoms with van der Waals surface area (Å²) in [5.74, 6) is 0. The zero-order valence-corrected chi connectivity index (χ0v) is 9.57. The Bertz CT molecular complexity index is 246. The first-order chi connectivity index (χ1) is 6.67. The predicted molar refractivity (Wildman–Crippen MR) is 57.7 cm³/mol. The molecule has 0 heterocycles. The fourth-order valence-electron chi connectivity index (χ4n) is 1.77. The Labute approximate surface area is 86.5 Å². The minimum absolute atomic E-state index is 0.135. The topological polar surface area (TPSA) is 58.2 Å². The molecule has 0 unspecified atom stereocenters. The summed E-state index contributed by atoms with van der Waals surface area (Å²) in [6.07, 6.45) is 3.77. The molecule has 14 heavy (non-hydrogen) atoms. The van der Waals surface area contributed by atoms with Crippen LogP contribution in [0.1, 0.15) is 32.6 Å². The van der Waals surface area contributed by atoms with Crippen molar-refractivity contribution in [1.29, 1.82) is 0 Å². The van der Waals surface area contributed by atoms with Gasteiger partial charge in [0.1, 0.15) is 0 Å². The molecule has 0 amide bonds. The van der Waals surface area contributed by atoms with Gasteiger partial charge in [0.05, 0.1) is 5.25 Å². The van der Waals surface area contributed by atoms with E-state index in [9.17, 15) is 8.42 Å². The van der Waals surface area contributed by atoms with Crippen LogP contribution in [0.5, 0.6) is 0 Å². The third kappa shape index (κ3) is 3.55. The van der Waals surface area contributed by atoms with Gasteiger partial charge in [-0.15, -0.1) is 0 Å². The van der Waals surface area contributed by atoms with Crippen molar-refractivity contribution < 1.29 is 8.42 Å². The second-order valence-electron chi connectivity index (χ2n) is 3.70. The molecule has 4 nitrogen and oxygen atoms in total. The Balaban J connectivity index is 2.26. The van der Waals surface area contributed by atoms with Crippen LogP contribution < -0.4 is 10.0 Å². The highest BCUT2D eigenvalue weighted by atomic mass is 32.2. The number of likely N-dealkylation sites (N-methyl/N-ethyl adjacent to an activating group) is 1. The molecule has 0 radical (unpaired) electrons. The summed E-state index contributed by atoms with van der Waals surface area (Å²) in [4.78, 5) is 0. The number of sulfonamides is 1. The van der Waals surface area contributed by atoms with Crippen LogP contribution in [0.4, 0.5) is 0 Å². The van der Waals surface area contributed by atoms with Crippen LogP contribution in [0, 0.1) is 0 Å². The van der Waals surface area contributed by atoms with Gasteiger partial charge in [0, 0.05) is 13.1 Å². The minimum Gasteiger partial charge on any atom is -0.316 e. The van der Waals surface area contributed by atoms with Gasteiger partial charge in [-0.25, -0.2) is 13.1 Å². The van der Waals surface area contributed by atoms with E-state index in [1.165, 1.54) is 0 Å². The average Bonchev–Trinajstić information content (AvgIpc) is 2.65. The molecular formula is C9H20N2O2S. The van der Waals surface area contributed by atoms with Crippen LogP contribution in [-0.2, 0) is 10.0 Å². The first-order valence-electron chi connectivity index (χ1n) is 5.36. The summed E-state index contributed by atoms with van der Waals surface area (Å²) in [5, 5.41) is 2.95. The summed E-state index contributed by atoms with van der Waals surface area (Å²) in [6, 6.07) is 0. The van der Waals surface area contributed by atoms with E-state index >= 15 is 0 Å². The number of rotatable bonds is 6. The third-order valence-electron chi connectivity index (χ3n) is 2.60. The average molecular weight is 220 g/mol. The van der Waals surface area contributed by atoms with E-state index in [1.807, 2.05) is 6.92 Å². The molecule has 1 fully saturated rings. The smallest absolute Gasteiger partial charge is 0.214 e. The van der Waals surface area contributed by atoms with Crippen molar-refractivity contribution in [3.05, 3.63) is 0 Å². The van der Waals surface area contributed by atoms with Gasteiger partial charge in [-0.2, -0.15) is 0 Å². The van der Waals surface area contributed by atoms with E-state index in [-0.39, 0.29) is 5.25 Å². The zero-order chi connectivity index (χ0) is 10.4.